The maximum atomic E-state index is 9.81. The summed E-state index contributed by atoms with van der Waals surface area (Å²) in [4.78, 5) is 102. The van der Waals surface area contributed by atoms with E-state index in [9.17, 15) is 19.2 Å². The second-order valence-electron chi connectivity index (χ2n) is 8.05. The predicted octanol–water partition coefficient (Wildman–Crippen LogP) is 1.70. The van der Waals surface area contributed by atoms with Crippen LogP contribution in [0.3, 0.4) is 0 Å². The van der Waals surface area contributed by atoms with E-state index in [0.717, 1.165) is 118 Å². The van der Waals surface area contributed by atoms with Crippen molar-refractivity contribution in [3.8, 4) is 0 Å². The Morgan fingerprint density at radius 2 is 0.314 bits per heavy atom. The van der Waals surface area contributed by atoms with Crippen LogP contribution in [0.2, 0.25) is 0 Å². The van der Waals surface area contributed by atoms with E-state index in [1.54, 1.807) is 0 Å². The molecule has 29 nitrogen and oxygen atoms in total. The molecule has 0 aliphatic carbocycles. The quantitative estimate of drug-likeness (QED) is 0.121. The number of hydrogen-bond donors (Lipinski definition) is 16. The molecule has 0 aliphatic rings. The van der Waals surface area contributed by atoms with Crippen LogP contribution in [0, 0.1) is 5.92 Å². The van der Waals surface area contributed by atoms with Crippen LogP contribution in [0.15, 0.2) is 0 Å². The van der Waals surface area contributed by atoms with Crippen molar-refractivity contribution in [2.24, 2.45) is 5.92 Å². The van der Waals surface area contributed by atoms with E-state index in [1.165, 1.54) is 41.7 Å². The summed E-state index contributed by atoms with van der Waals surface area (Å²) in [6, 6.07) is 0. The fraction of sp³-hybridized carbons (Fsp3) is 0.732. The summed E-state index contributed by atoms with van der Waals surface area (Å²) in [5.41, 5.74) is 0. The van der Waals surface area contributed by atoms with Gasteiger partial charge in [-0.05, 0) is 19.8 Å². The first-order valence-corrected chi connectivity index (χ1v) is 18.6. The number of carboxylic acid groups (broad SMARTS) is 7. The van der Waals surface area contributed by atoms with E-state index >= 15 is 0 Å². The number of carboxylic acids is 7. The van der Waals surface area contributed by atoms with Gasteiger partial charge in [0, 0.05) is 133 Å². The third-order valence-corrected chi connectivity index (χ3v) is 0.575. The number of aliphatic hydroxyl groups excluding tert-OH is 9. The molecule has 0 unspecified atom stereocenters. The molecule has 0 atom stereocenters. The van der Waals surface area contributed by atoms with Gasteiger partial charge in [-0.15, -0.1) is 0 Å². The molecule has 0 fully saturated rings. The number of ketones is 1. The summed E-state index contributed by atoms with van der Waals surface area (Å²) in [5, 5.41) is 115. The minimum atomic E-state index is -0.833. The number of aliphatic hydroxyl groups is 9. The van der Waals surface area contributed by atoms with Gasteiger partial charge < -0.3 is 96.0 Å². The van der Waals surface area contributed by atoms with Crippen molar-refractivity contribution in [3.63, 3.8) is 0 Å². The number of carbonyl (C=O) groups excluding carboxylic acids is 4. The highest BCUT2D eigenvalue weighted by molar-refractivity contribution is 5.82. The third kappa shape index (κ3) is 5290000. The number of Topliss-reactive ketones (excluding diaryl/α,β-unsaturated/α-hetero) is 1. The van der Waals surface area contributed by atoms with E-state index in [1.807, 2.05) is 27.7 Å². The number of esters is 3. The molecule has 0 saturated carbocycles. The Hall–Kier alpha value is -5.79. The lowest BCUT2D eigenvalue weighted by Crippen LogP contribution is -2.03. The number of methoxy groups -OCH3 is 1. The lowest BCUT2D eigenvalue weighted by molar-refractivity contribution is -0.156. The SMILES string of the molecule is CC.CC.CC(=O)O.CC(=O)O.CC(=O)O.CC(=O)O.CC(=O)O.CC(=O)O.CC(=O)O.CC(=O)OC(C)=O.CC(C)=O.CC(C)C.CO.CO.CO.CO.CO.CO.CO.CO.CO.COC(C)=O. The molecule has 0 aromatic heterocycles. The molecule has 29 heteroatoms. The first-order valence-electron chi connectivity index (χ1n) is 18.6. The molecule has 16 N–H and O–H groups in total. The average molecular weight is 1060 g/mol. The average Bonchev–Trinajstić information content (AvgIpc) is 3.24. The maximum Gasteiger partial charge on any atom is 0.310 e. The molecule has 0 aromatic rings. The van der Waals surface area contributed by atoms with E-state index in [0.29, 0.717) is 0 Å². The van der Waals surface area contributed by atoms with Crippen molar-refractivity contribution >= 4 is 65.5 Å². The van der Waals surface area contributed by atoms with Gasteiger partial charge in [0.05, 0.1) is 7.11 Å². The third-order valence-electron chi connectivity index (χ3n) is 0.575. The van der Waals surface area contributed by atoms with Gasteiger partial charge in [0.25, 0.3) is 41.8 Å². The monoisotopic (exact) mass is 1060 g/mol. The summed E-state index contributed by atoms with van der Waals surface area (Å²) in [6.45, 7) is 28.9. The molecule has 0 spiro atoms. The van der Waals surface area contributed by atoms with E-state index < -0.39 is 53.7 Å². The fourth-order valence-corrected chi connectivity index (χ4v) is 0.202. The summed E-state index contributed by atoms with van der Waals surface area (Å²) in [7, 11) is 10.3. The molecule has 0 rings (SSSR count). The van der Waals surface area contributed by atoms with E-state index in [2.05, 4.69) is 30.2 Å². The summed E-state index contributed by atoms with van der Waals surface area (Å²) in [6.07, 6.45) is 0. The predicted molar refractivity (Wildman–Crippen MR) is 266 cm³/mol. The number of rotatable bonds is 0. The first kappa shape index (κ1) is 144. The zero-order chi connectivity index (χ0) is 64.3. The topological polar surface area (TPSA) is 530 Å². The van der Waals surface area contributed by atoms with Gasteiger partial charge in [0.2, 0.25) is 0 Å². The van der Waals surface area contributed by atoms with Gasteiger partial charge in [-0.25, -0.2) is 0 Å². The van der Waals surface area contributed by atoms with Crippen LogP contribution in [-0.4, -0.2) is 218 Å². The second kappa shape index (κ2) is 236. The normalized spacial score (nSPS) is 5.59. The minimum absolute atomic E-state index is 0.167. The Kier molecular flexibility index (Phi) is 485. The standard InChI is InChI=1S/C4H6O3.C4H10.C3H6O2.C3H6O.7C2H4O2.2C2H6.9CH4O/c1-3(5)7-4(2)6;1-4(2)3;1-3(4)5-2;1-3(2)4;7*1-2(3)4;11*1-2/h1-2H3;4H,1-3H3;1-2H3;1-2H3;7*1H3,(H,3,4);2*1-2H3;9*2H,1H3. The summed E-state index contributed by atoms with van der Waals surface area (Å²) < 4.78 is 8.08. The maximum absolute atomic E-state index is 9.81. The zero-order valence-electron chi connectivity index (χ0n) is 47.5. The lowest BCUT2D eigenvalue weighted by Gasteiger charge is -1.87. The summed E-state index contributed by atoms with van der Waals surface area (Å²) in [5.74, 6) is -6.20. The van der Waals surface area contributed by atoms with Crippen LogP contribution in [0.5, 0.6) is 0 Å². The van der Waals surface area contributed by atoms with Gasteiger partial charge in [0.15, 0.2) is 0 Å². The first-order chi connectivity index (χ1) is 32.0. The highest BCUT2D eigenvalue weighted by Gasteiger charge is 1.93. The van der Waals surface area contributed by atoms with Crippen molar-refractivity contribution in [1.82, 2.24) is 0 Å². The molecule has 442 valence electrons. The van der Waals surface area contributed by atoms with Crippen LogP contribution in [0.4, 0.5) is 0 Å². The highest BCUT2D eigenvalue weighted by Crippen LogP contribution is 1.81. The van der Waals surface area contributed by atoms with Crippen molar-refractivity contribution in [1.29, 1.82) is 0 Å². The highest BCUT2D eigenvalue weighted by atomic mass is 16.6. The van der Waals surface area contributed by atoms with Crippen LogP contribution in [0.1, 0.15) is 132 Å². The largest absolute Gasteiger partial charge is 0.481 e. The van der Waals surface area contributed by atoms with Crippen molar-refractivity contribution in [3.05, 3.63) is 0 Å². The number of aliphatic carboxylic acids is 7. The lowest BCUT2D eigenvalue weighted by atomic mass is 10.3. The molecule has 0 radical (unpaired) electrons. The number of ether oxygens (including phenoxy) is 2. The summed E-state index contributed by atoms with van der Waals surface area (Å²) >= 11 is 0. The molecular formula is C41H104O29. The van der Waals surface area contributed by atoms with Crippen LogP contribution in [0.25, 0.3) is 0 Å². The minimum Gasteiger partial charge on any atom is -0.481 e. The Morgan fingerprint density at radius 1 is 0.271 bits per heavy atom. The van der Waals surface area contributed by atoms with E-state index in [4.69, 9.17) is 115 Å². The molecule has 0 amide bonds. The molecule has 0 heterocycles. The van der Waals surface area contributed by atoms with Gasteiger partial charge in [-0.1, -0.05) is 48.5 Å². The van der Waals surface area contributed by atoms with Gasteiger partial charge in [-0.3, -0.25) is 47.9 Å². The second-order valence-corrected chi connectivity index (χ2v) is 8.05. The number of hydrogen-bond acceptors (Lipinski definition) is 22. The van der Waals surface area contributed by atoms with Crippen molar-refractivity contribution in [2.75, 3.05) is 71.1 Å². The Labute approximate surface area is 417 Å². The molecule has 0 aromatic carbocycles. The van der Waals surface area contributed by atoms with Crippen LogP contribution < -0.4 is 0 Å². The van der Waals surface area contributed by atoms with Crippen LogP contribution >= 0.6 is 0 Å². The molecule has 70 heavy (non-hydrogen) atoms. The van der Waals surface area contributed by atoms with Gasteiger partial charge in [-0.2, -0.15) is 0 Å². The molecule has 0 saturated heterocycles. The van der Waals surface area contributed by atoms with Crippen molar-refractivity contribution < 1.29 is 144 Å². The molecule has 0 bridgehead atoms. The van der Waals surface area contributed by atoms with Crippen LogP contribution in [-0.2, 0) is 62.2 Å². The Balaban J connectivity index is -0.0000000175. The Bertz CT molecular complexity index is 705. The number of carbonyl (C=O) groups is 11. The fourth-order valence-electron chi connectivity index (χ4n) is 0.202. The smallest absolute Gasteiger partial charge is 0.310 e. The van der Waals surface area contributed by atoms with Gasteiger partial charge in [0.1, 0.15) is 5.78 Å². The zero-order valence-corrected chi connectivity index (χ0v) is 47.5. The van der Waals surface area contributed by atoms with Crippen molar-refractivity contribution in [2.45, 2.75) is 132 Å². The molecular weight excluding hydrogens is 956 g/mol. The Morgan fingerprint density at radius 3 is 0.314 bits per heavy atom. The molecule has 0 aliphatic heterocycles. The van der Waals surface area contributed by atoms with Gasteiger partial charge >= 0.3 is 17.9 Å². The van der Waals surface area contributed by atoms with E-state index in [-0.39, 0.29) is 11.8 Å².